The van der Waals surface area contributed by atoms with Crippen LogP contribution in [0, 0.1) is 5.92 Å². The highest BCUT2D eigenvalue weighted by molar-refractivity contribution is 7.94. The molecule has 2 aliphatic heterocycles. The summed E-state index contributed by atoms with van der Waals surface area (Å²) in [4.78, 5) is 2.34. The first-order valence-electron chi connectivity index (χ1n) is 5.88. The fourth-order valence-electron chi connectivity index (χ4n) is 2.29. The van der Waals surface area contributed by atoms with Gasteiger partial charge in [-0.2, -0.15) is 0 Å². The van der Waals surface area contributed by atoms with Crippen molar-refractivity contribution < 1.29 is 8.42 Å². The van der Waals surface area contributed by atoms with Crippen LogP contribution in [-0.2, 0) is 9.84 Å². The van der Waals surface area contributed by atoms with E-state index >= 15 is 0 Å². The minimum atomic E-state index is -2.91. The molecule has 1 fully saturated rings. The normalized spacial score (nSPS) is 30.9. The molecule has 16 heavy (non-hydrogen) atoms. The van der Waals surface area contributed by atoms with Crippen LogP contribution in [-0.4, -0.2) is 51.8 Å². The molecule has 4 nitrogen and oxygen atoms in total. The smallest absolute Gasteiger partial charge is 0.173 e. The van der Waals surface area contributed by atoms with Crippen molar-refractivity contribution in [2.75, 3.05) is 32.4 Å². The van der Waals surface area contributed by atoms with E-state index in [-0.39, 0.29) is 11.8 Å². The van der Waals surface area contributed by atoms with Crippen LogP contribution in [0.5, 0.6) is 0 Å². The van der Waals surface area contributed by atoms with Crippen molar-refractivity contribution in [3.05, 3.63) is 11.5 Å². The summed E-state index contributed by atoms with van der Waals surface area (Å²) in [5.41, 5.74) is 0. The second-order valence-electron chi connectivity index (χ2n) is 4.92. The summed E-state index contributed by atoms with van der Waals surface area (Å²) in [5.74, 6) is 0.937. The van der Waals surface area contributed by atoms with Crippen molar-refractivity contribution in [2.45, 2.75) is 18.9 Å². The summed E-state index contributed by atoms with van der Waals surface area (Å²) in [5, 5.41) is 4.67. The van der Waals surface area contributed by atoms with Crippen molar-refractivity contribution in [3.8, 4) is 0 Å². The standard InChI is InChI=1S/C11H20N2O2S/c1-13-5-2-10(3-6-13)8-12-11-4-7-16(14,15)9-11/h4,7,10-12H,2-3,5-6,8-9H2,1H3. The monoisotopic (exact) mass is 244 g/mol. The molecule has 1 unspecified atom stereocenters. The van der Waals surface area contributed by atoms with E-state index < -0.39 is 9.84 Å². The average Bonchev–Trinajstić information content (AvgIpc) is 2.58. The van der Waals surface area contributed by atoms with E-state index in [1.54, 1.807) is 6.08 Å². The number of likely N-dealkylation sites (tertiary alicyclic amines) is 1. The number of nitrogens with one attached hydrogen (secondary N) is 1. The van der Waals surface area contributed by atoms with E-state index in [1.165, 1.54) is 18.2 Å². The van der Waals surface area contributed by atoms with E-state index in [1.807, 2.05) is 0 Å². The molecular formula is C11H20N2O2S. The van der Waals surface area contributed by atoms with Crippen molar-refractivity contribution in [1.29, 1.82) is 0 Å². The Bertz CT molecular complexity index is 356. The Morgan fingerprint density at radius 3 is 2.62 bits per heavy atom. The van der Waals surface area contributed by atoms with E-state index in [0.29, 0.717) is 5.92 Å². The Kier molecular flexibility index (Phi) is 3.66. The van der Waals surface area contributed by atoms with Gasteiger partial charge in [0.05, 0.1) is 5.75 Å². The summed E-state index contributed by atoms with van der Waals surface area (Å²) < 4.78 is 22.4. The van der Waals surface area contributed by atoms with Gasteiger partial charge in [-0.15, -0.1) is 0 Å². The predicted octanol–water partition coefficient (Wildman–Crippen LogP) is 0.229. The van der Waals surface area contributed by atoms with Gasteiger partial charge in [0.15, 0.2) is 9.84 Å². The summed E-state index contributed by atoms with van der Waals surface area (Å²) in [7, 11) is -0.760. The fourth-order valence-corrected chi connectivity index (χ4v) is 3.56. The molecular weight excluding hydrogens is 224 g/mol. The molecule has 1 saturated heterocycles. The lowest BCUT2D eigenvalue weighted by Gasteiger charge is -2.29. The number of nitrogens with zero attached hydrogens (tertiary/aromatic N) is 1. The number of sulfone groups is 1. The van der Waals surface area contributed by atoms with Crippen molar-refractivity contribution in [2.24, 2.45) is 5.92 Å². The highest BCUT2D eigenvalue weighted by atomic mass is 32.2. The molecule has 0 bridgehead atoms. The molecule has 0 aromatic heterocycles. The highest BCUT2D eigenvalue weighted by Crippen LogP contribution is 2.16. The summed E-state index contributed by atoms with van der Waals surface area (Å²) in [6, 6.07) is 0.0321. The zero-order valence-corrected chi connectivity index (χ0v) is 10.5. The molecule has 0 spiro atoms. The lowest BCUT2D eigenvalue weighted by atomic mass is 9.97. The Balaban J connectivity index is 1.71. The maximum atomic E-state index is 11.2. The van der Waals surface area contributed by atoms with E-state index in [0.717, 1.165) is 19.6 Å². The molecule has 1 atom stereocenters. The van der Waals surface area contributed by atoms with Gasteiger partial charge < -0.3 is 10.2 Å². The third-order valence-corrected chi connectivity index (χ3v) is 4.83. The SMILES string of the molecule is CN1CCC(CNC2C=CS(=O)(=O)C2)CC1. The third kappa shape index (κ3) is 3.30. The fraction of sp³-hybridized carbons (Fsp3) is 0.818. The molecule has 2 aliphatic rings. The van der Waals surface area contributed by atoms with Crippen LogP contribution in [0.2, 0.25) is 0 Å². The van der Waals surface area contributed by atoms with Crippen LogP contribution >= 0.6 is 0 Å². The maximum absolute atomic E-state index is 11.2. The molecule has 0 aromatic carbocycles. The van der Waals surface area contributed by atoms with Gasteiger partial charge in [0.1, 0.15) is 0 Å². The molecule has 5 heteroatoms. The summed E-state index contributed by atoms with van der Waals surface area (Å²) in [6.45, 7) is 3.26. The van der Waals surface area contributed by atoms with Gasteiger partial charge in [-0.3, -0.25) is 0 Å². The van der Waals surface area contributed by atoms with Gasteiger partial charge in [0.2, 0.25) is 0 Å². The molecule has 0 amide bonds. The van der Waals surface area contributed by atoms with Crippen LogP contribution < -0.4 is 5.32 Å². The summed E-state index contributed by atoms with van der Waals surface area (Å²) >= 11 is 0. The lowest BCUT2D eigenvalue weighted by Crippen LogP contribution is -2.38. The van der Waals surface area contributed by atoms with Crippen molar-refractivity contribution >= 4 is 9.84 Å². The maximum Gasteiger partial charge on any atom is 0.173 e. The largest absolute Gasteiger partial charge is 0.309 e. The van der Waals surface area contributed by atoms with Gasteiger partial charge in [0, 0.05) is 11.4 Å². The second-order valence-corrected chi connectivity index (χ2v) is 6.85. The molecule has 0 aromatic rings. The molecule has 0 radical (unpaired) electrons. The molecule has 0 saturated carbocycles. The van der Waals surface area contributed by atoms with Gasteiger partial charge >= 0.3 is 0 Å². The predicted molar refractivity (Wildman–Crippen MR) is 64.9 cm³/mol. The van der Waals surface area contributed by atoms with Gasteiger partial charge in [-0.25, -0.2) is 8.42 Å². The zero-order valence-electron chi connectivity index (χ0n) is 9.72. The molecule has 1 N–H and O–H groups in total. The van der Waals surface area contributed by atoms with Crippen LogP contribution in [0.1, 0.15) is 12.8 Å². The number of hydrogen-bond acceptors (Lipinski definition) is 4. The third-order valence-electron chi connectivity index (χ3n) is 3.44. The second kappa shape index (κ2) is 4.85. The topological polar surface area (TPSA) is 49.4 Å². The first kappa shape index (κ1) is 12.1. The quantitative estimate of drug-likeness (QED) is 0.772. The Labute approximate surface area is 97.6 Å². The molecule has 2 heterocycles. The molecule has 0 aliphatic carbocycles. The molecule has 2 rings (SSSR count). The van der Waals surface area contributed by atoms with Crippen LogP contribution in [0.3, 0.4) is 0 Å². The van der Waals surface area contributed by atoms with Crippen LogP contribution in [0.25, 0.3) is 0 Å². The number of piperidine rings is 1. The summed E-state index contributed by atoms with van der Waals surface area (Å²) in [6.07, 6.45) is 4.20. The van der Waals surface area contributed by atoms with E-state index in [4.69, 9.17) is 0 Å². The van der Waals surface area contributed by atoms with Crippen LogP contribution in [0.15, 0.2) is 11.5 Å². The lowest BCUT2D eigenvalue weighted by molar-refractivity contribution is 0.215. The van der Waals surface area contributed by atoms with Gasteiger partial charge in [-0.1, -0.05) is 6.08 Å². The number of hydrogen-bond donors (Lipinski definition) is 1. The van der Waals surface area contributed by atoms with Crippen molar-refractivity contribution in [3.63, 3.8) is 0 Å². The van der Waals surface area contributed by atoms with Crippen molar-refractivity contribution in [1.82, 2.24) is 10.2 Å². The highest BCUT2D eigenvalue weighted by Gasteiger charge is 2.23. The number of rotatable bonds is 3. The van der Waals surface area contributed by atoms with E-state index in [2.05, 4.69) is 17.3 Å². The Morgan fingerprint density at radius 2 is 2.06 bits per heavy atom. The first-order chi connectivity index (χ1) is 7.55. The minimum Gasteiger partial charge on any atom is -0.309 e. The average molecular weight is 244 g/mol. The molecule has 92 valence electrons. The minimum absolute atomic E-state index is 0.0321. The first-order valence-corrected chi connectivity index (χ1v) is 7.59. The van der Waals surface area contributed by atoms with Crippen LogP contribution in [0.4, 0.5) is 0 Å². The van der Waals surface area contributed by atoms with E-state index in [9.17, 15) is 8.42 Å². The Hall–Kier alpha value is -0.390. The van der Waals surface area contributed by atoms with Gasteiger partial charge in [-0.05, 0) is 45.4 Å². The Morgan fingerprint density at radius 1 is 1.38 bits per heavy atom. The zero-order chi connectivity index (χ0) is 11.6. The van der Waals surface area contributed by atoms with Gasteiger partial charge in [0.25, 0.3) is 0 Å².